The molecule has 1 N–H and O–H groups in total. The lowest BCUT2D eigenvalue weighted by atomic mass is 10.1. The molecule has 0 aliphatic carbocycles. The van der Waals surface area contributed by atoms with E-state index in [-0.39, 0.29) is 23.0 Å². The first-order valence-electron chi connectivity index (χ1n) is 7.47. The van der Waals surface area contributed by atoms with E-state index in [4.69, 9.17) is 11.6 Å². The van der Waals surface area contributed by atoms with Gasteiger partial charge in [0, 0.05) is 30.7 Å². The molecule has 0 aliphatic heterocycles. The first-order chi connectivity index (χ1) is 11.4. The van der Waals surface area contributed by atoms with Crippen LogP contribution in [0.4, 0.5) is 18.9 Å². The maximum atomic E-state index is 12.8. The molecule has 0 atom stereocenters. The Morgan fingerprint density at radius 2 is 1.83 bits per heavy atom. The molecule has 24 heavy (non-hydrogen) atoms. The predicted molar refractivity (Wildman–Crippen MR) is 85.6 cm³/mol. The largest absolute Gasteiger partial charge is 0.417 e. The van der Waals surface area contributed by atoms with Crippen LogP contribution >= 0.6 is 11.6 Å². The number of hydrogen-bond acceptors (Lipinski definition) is 1. The van der Waals surface area contributed by atoms with Crippen molar-refractivity contribution in [2.24, 2.45) is 0 Å². The van der Waals surface area contributed by atoms with E-state index in [2.05, 4.69) is 5.32 Å². The molecule has 0 bridgehead atoms. The molecule has 1 heterocycles. The molecular formula is C17H17ClF3N2O+. The normalized spacial score (nSPS) is 11.3. The van der Waals surface area contributed by atoms with Crippen molar-refractivity contribution in [3.8, 4) is 0 Å². The lowest BCUT2D eigenvalue weighted by Gasteiger charge is -2.11. The van der Waals surface area contributed by atoms with Crippen molar-refractivity contribution in [1.82, 2.24) is 0 Å². The van der Waals surface area contributed by atoms with Gasteiger partial charge in [0.15, 0.2) is 12.4 Å². The van der Waals surface area contributed by atoms with E-state index in [1.807, 2.05) is 35.2 Å². The Hall–Kier alpha value is -2.08. The van der Waals surface area contributed by atoms with Gasteiger partial charge < -0.3 is 5.32 Å². The lowest BCUT2D eigenvalue weighted by molar-refractivity contribution is -0.697. The summed E-state index contributed by atoms with van der Waals surface area (Å²) in [5, 5.41) is 2.09. The molecule has 0 saturated heterocycles. The minimum Gasteiger partial charge on any atom is -0.326 e. The fourth-order valence-electron chi connectivity index (χ4n) is 2.21. The monoisotopic (exact) mass is 357 g/mol. The molecule has 0 radical (unpaired) electrons. The van der Waals surface area contributed by atoms with Gasteiger partial charge in [0.1, 0.15) is 6.54 Å². The third-order valence-corrected chi connectivity index (χ3v) is 3.73. The zero-order chi connectivity index (χ0) is 17.6. The summed E-state index contributed by atoms with van der Waals surface area (Å²) in [6.07, 6.45) is 1.02. The van der Waals surface area contributed by atoms with Crippen molar-refractivity contribution in [2.45, 2.75) is 32.0 Å². The first-order valence-corrected chi connectivity index (χ1v) is 7.85. The highest BCUT2D eigenvalue weighted by molar-refractivity contribution is 6.31. The molecular weight excluding hydrogens is 341 g/mol. The topological polar surface area (TPSA) is 33.0 Å². The van der Waals surface area contributed by atoms with Gasteiger partial charge in [0.05, 0.1) is 10.6 Å². The zero-order valence-corrected chi connectivity index (χ0v) is 13.6. The second-order valence-electron chi connectivity index (χ2n) is 5.31. The number of benzene rings is 1. The number of halogens is 4. The number of unbranched alkanes of at least 4 members (excludes halogenated alkanes) is 1. The second-order valence-corrected chi connectivity index (χ2v) is 5.72. The van der Waals surface area contributed by atoms with Crippen LogP contribution < -0.4 is 9.88 Å². The third kappa shape index (κ3) is 5.53. The number of hydrogen-bond donors (Lipinski definition) is 1. The van der Waals surface area contributed by atoms with Gasteiger partial charge in [-0.25, -0.2) is 4.57 Å². The summed E-state index contributed by atoms with van der Waals surface area (Å²) in [6, 6.07) is 9.10. The smallest absolute Gasteiger partial charge is 0.326 e. The summed E-state index contributed by atoms with van der Waals surface area (Å²) in [6.45, 7) is 0.785. The zero-order valence-electron chi connectivity index (χ0n) is 12.8. The van der Waals surface area contributed by atoms with Gasteiger partial charge in [0.2, 0.25) is 5.91 Å². The van der Waals surface area contributed by atoms with E-state index in [1.54, 1.807) is 0 Å². The van der Waals surface area contributed by atoms with Crippen LogP contribution in [-0.4, -0.2) is 5.91 Å². The van der Waals surface area contributed by atoms with Gasteiger partial charge in [-0.2, -0.15) is 13.2 Å². The Morgan fingerprint density at radius 3 is 2.50 bits per heavy atom. The third-order valence-electron chi connectivity index (χ3n) is 3.40. The highest BCUT2D eigenvalue weighted by Gasteiger charge is 2.33. The van der Waals surface area contributed by atoms with E-state index in [1.165, 1.54) is 6.07 Å². The van der Waals surface area contributed by atoms with Crippen molar-refractivity contribution in [3.05, 3.63) is 59.4 Å². The molecule has 2 rings (SSSR count). The fourth-order valence-corrected chi connectivity index (χ4v) is 2.43. The summed E-state index contributed by atoms with van der Waals surface area (Å²) in [5.74, 6) is -0.316. The highest BCUT2D eigenvalue weighted by atomic mass is 35.5. The Balaban J connectivity index is 1.82. The van der Waals surface area contributed by atoms with Crippen LogP contribution in [-0.2, 0) is 17.5 Å². The second kappa shape index (κ2) is 8.15. The summed E-state index contributed by atoms with van der Waals surface area (Å²) in [7, 11) is 0. The molecule has 2 aromatic rings. The first kappa shape index (κ1) is 18.3. The van der Waals surface area contributed by atoms with Gasteiger partial charge >= 0.3 is 6.18 Å². The van der Waals surface area contributed by atoms with E-state index in [0.717, 1.165) is 25.1 Å². The van der Waals surface area contributed by atoms with Crippen LogP contribution in [0.5, 0.6) is 0 Å². The van der Waals surface area contributed by atoms with Crippen LogP contribution in [0.1, 0.15) is 24.8 Å². The molecule has 128 valence electrons. The van der Waals surface area contributed by atoms with Gasteiger partial charge in [-0.1, -0.05) is 17.7 Å². The molecule has 1 amide bonds. The number of anilines is 1. The van der Waals surface area contributed by atoms with E-state index in [9.17, 15) is 18.0 Å². The molecule has 7 heteroatoms. The van der Waals surface area contributed by atoms with Gasteiger partial charge in [-0.15, -0.1) is 0 Å². The number of amides is 1. The lowest BCUT2D eigenvalue weighted by Crippen LogP contribution is -2.32. The number of carbonyl (C=O) groups is 1. The van der Waals surface area contributed by atoms with E-state index in [0.29, 0.717) is 6.42 Å². The molecule has 1 aromatic carbocycles. The summed E-state index contributed by atoms with van der Waals surface area (Å²) < 4.78 is 40.3. The average molecular weight is 358 g/mol. The Kier molecular flexibility index (Phi) is 6.20. The minimum atomic E-state index is -4.55. The van der Waals surface area contributed by atoms with Crippen molar-refractivity contribution in [3.63, 3.8) is 0 Å². The molecule has 1 aromatic heterocycles. The van der Waals surface area contributed by atoms with Crippen LogP contribution in [0.2, 0.25) is 5.02 Å². The number of pyridine rings is 1. The standard InChI is InChI=1S/C17H16ClF3N2O/c18-15-8-7-13(12-14(15)17(19,20)21)22-16(24)6-2-5-11-23-9-3-1-4-10-23/h1,3-4,7-10,12H,2,5-6,11H2/p+1. The summed E-state index contributed by atoms with van der Waals surface area (Å²) in [5.41, 5.74) is -0.864. The van der Waals surface area contributed by atoms with Crippen LogP contribution in [0.3, 0.4) is 0 Å². The number of nitrogens with one attached hydrogen (secondary N) is 1. The van der Waals surface area contributed by atoms with Crippen molar-refractivity contribution in [1.29, 1.82) is 0 Å². The molecule has 3 nitrogen and oxygen atoms in total. The SMILES string of the molecule is O=C(CCCC[n+]1ccccc1)Nc1ccc(Cl)c(C(F)(F)F)c1. The van der Waals surface area contributed by atoms with E-state index >= 15 is 0 Å². The van der Waals surface area contributed by atoms with Gasteiger partial charge in [-0.05, 0) is 24.6 Å². The number of carbonyl (C=O) groups excluding carboxylic acids is 1. The van der Waals surface area contributed by atoms with Crippen LogP contribution in [0.25, 0.3) is 0 Å². The molecule has 0 spiro atoms. The number of nitrogens with zero attached hydrogens (tertiary/aromatic N) is 1. The van der Waals surface area contributed by atoms with Crippen LogP contribution in [0, 0.1) is 0 Å². The maximum Gasteiger partial charge on any atom is 0.417 e. The Morgan fingerprint density at radius 1 is 1.12 bits per heavy atom. The van der Waals surface area contributed by atoms with Crippen LogP contribution in [0.15, 0.2) is 48.8 Å². The average Bonchev–Trinajstić information content (AvgIpc) is 2.53. The number of aromatic nitrogens is 1. The van der Waals surface area contributed by atoms with Crippen molar-refractivity contribution < 1.29 is 22.5 Å². The minimum absolute atomic E-state index is 0.0918. The number of aryl methyl sites for hydroxylation is 1. The Labute approximate surface area is 143 Å². The fraction of sp³-hybridized carbons (Fsp3) is 0.294. The van der Waals surface area contributed by atoms with E-state index < -0.39 is 11.7 Å². The summed E-state index contributed by atoms with van der Waals surface area (Å²) >= 11 is 5.54. The highest BCUT2D eigenvalue weighted by Crippen LogP contribution is 2.36. The molecule has 0 saturated carbocycles. The molecule has 0 unspecified atom stereocenters. The number of rotatable bonds is 6. The quantitative estimate of drug-likeness (QED) is 0.601. The van der Waals surface area contributed by atoms with Gasteiger partial charge in [0.25, 0.3) is 0 Å². The van der Waals surface area contributed by atoms with Gasteiger partial charge in [-0.3, -0.25) is 4.79 Å². The predicted octanol–water partition coefficient (Wildman–Crippen LogP) is 4.46. The van der Waals surface area contributed by atoms with Crippen molar-refractivity contribution >= 4 is 23.2 Å². The number of alkyl halides is 3. The van der Waals surface area contributed by atoms with Crippen molar-refractivity contribution in [2.75, 3.05) is 5.32 Å². The molecule has 0 aliphatic rings. The Bertz CT molecular complexity index is 690. The molecule has 0 fully saturated rings. The summed E-state index contributed by atoms with van der Waals surface area (Å²) in [4.78, 5) is 11.8. The maximum absolute atomic E-state index is 12.8.